The molecular formula is C15H20FNO4. The van der Waals surface area contributed by atoms with Gasteiger partial charge in [-0.15, -0.1) is 0 Å². The molecule has 1 aromatic rings. The molecule has 0 saturated heterocycles. The van der Waals surface area contributed by atoms with E-state index in [9.17, 15) is 14.0 Å². The summed E-state index contributed by atoms with van der Waals surface area (Å²) in [6, 6.07) is 5.04. The summed E-state index contributed by atoms with van der Waals surface area (Å²) in [6.07, 6.45) is 0.173. The molecule has 1 unspecified atom stereocenters. The molecule has 0 heterocycles. The standard InChI is InChI=1S/C15H20FNO4/c1-3-10(4-2)14(18)17-9-13(15(19)20)21-12-7-5-11(16)6-8-12/h5-8,10,13H,3-4,9H2,1-2H3,(H,17,18)(H,19,20). The van der Waals surface area contributed by atoms with Gasteiger partial charge in [-0.25, -0.2) is 9.18 Å². The predicted octanol–water partition coefficient (Wildman–Crippen LogP) is 2.21. The van der Waals surface area contributed by atoms with Gasteiger partial charge in [-0.1, -0.05) is 13.8 Å². The zero-order chi connectivity index (χ0) is 15.8. The normalized spacial score (nSPS) is 12.0. The molecule has 116 valence electrons. The van der Waals surface area contributed by atoms with Crippen LogP contribution >= 0.6 is 0 Å². The van der Waals surface area contributed by atoms with Crippen LogP contribution in [0.2, 0.25) is 0 Å². The number of carbonyl (C=O) groups is 2. The average Bonchev–Trinajstić information content (AvgIpc) is 2.46. The molecule has 1 aromatic carbocycles. The number of ether oxygens (including phenoxy) is 1. The third kappa shape index (κ3) is 5.41. The summed E-state index contributed by atoms with van der Waals surface area (Å²) in [5, 5.41) is 11.7. The van der Waals surface area contributed by atoms with E-state index in [-0.39, 0.29) is 24.1 Å². The van der Waals surface area contributed by atoms with Gasteiger partial charge in [0.05, 0.1) is 6.54 Å². The Balaban J connectivity index is 2.60. The molecule has 0 aliphatic heterocycles. The van der Waals surface area contributed by atoms with E-state index in [1.54, 1.807) is 0 Å². The molecule has 21 heavy (non-hydrogen) atoms. The first-order valence-corrected chi connectivity index (χ1v) is 6.90. The number of amides is 1. The highest BCUT2D eigenvalue weighted by atomic mass is 19.1. The molecule has 0 aliphatic rings. The van der Waals surface area contributed by atoms with Crippen molar-refractivity contribution < 1.29 is 23.8 Å². The van der Waals surface area contributed by atoms with Crippen LogP contribution in [0.3, 0.4) is 0 Å². The minimum atomic E-state index is -1.21. The second kappa shape index (κ2) is 8.24. The molecule has 0 aliphatic carbocycles. The molecular weight excluding hydrogens is 277 g/mol. The Bertz CT molecular complexity index is 471. The first-order chi connectivity index (χ1) is 9.97. The van der Waals surface area contributed by atoms with Crippen molar-refractivity contribution >= 4 is 11.9 Å². The minimum Gasteiger partial charge on any atom is -0.478 e. The van der Waals surface area contributed by atoms with Gasteiger partial charge in [0.2, 0.25) is 12.0 Å². The third-order valence-corrected chi connectivity index (χ3v) is 3.19. The van der Waals surface area contributed by atoms with Gasteiger partial charge in [0.1, 0.15) is 11.6 Å². The average molecular weight is 297 g/mol. The molecule has 2 N–H and O–H groups in total. The quantitative estimate of drug-likeness (QED) is 0.771. The highest BCUT2D eigenvalue weighted by molar-refractivity contribution is 5.80. The van der Waals surface area contributed by atoms with E-state index in [0.29, 0.717) is 12.8 Å². The lowest BCUT2D eigenvalue weighted by Gasteiger charge is -2.18. The number of aliphatic carboxylic acids is 1. The Labute approximate surface area is 123 Å². The number of carbonyl (C=O) groups excluding carboxylic acids is 1. The van der Waals surface area contributed by atoms with Crippen LogP contribution in [0, 0.1) is 11.7 Å². The van der Waals surface area contributed by atoms with Crippen molar-refractivity contribution in [3.05, 3.63) is 30.1 Å². The number of hydrogen-bond donors (Lipinski definition) is 2. The molecule has 0 saturated carbocycles. The maximum Gasteiger partial charge on any atom is 0.346 e. The van der Waals surface area contributed by atoms with Gasteiger partial charge < -0.3 is 15.2 Å². The first-order valence-electron chi connectivity index (χ1n) is 6.90. The number of benzene rings is 1. The maximum absolute atomic E-state index is 12.8. The van der Waals surface area contributed by atoms with Gasteiger partial charge >= 0.3 is 5.97 Å². The Morgan fingerprint density at radius 1 is 1.24 bits per heavy atom. The molecule has 1 amide bonds. The molecule has 5 nitrogen and oxygen atoms in total. The summed E-state index contributed by atoms with van der Waals surface area (Å²) < 4.78 is 18.0. The van der Waals surface area contributed by atoms with Gasteiger partial charge in [-0.3, -0.25) is 4.79 Å². The smallest absolute Gasteiger partial charge is 0.346 e. The van der Waals surface area contributed by atoms with E-state index in [4.69, 9.17) is 9.84 Å². The Morgan fingerprint density at radius 2 is 1.81 bits per heavy atom. The second-order valence-electron chi connectivity index (χ2n) is 4.66. The minimum absolute atomic E-state index is 0.134. The van der Waals surface area contributed by atoms with Crippen molar-refractivity contribution in [2.24, 2.45) is 5.92 Å². The molecule has 0 bridgehead atoms. The number of hydrogen-bond acceptors (Lipinski definition) is 3. The zero-order valence-electron chi connectivity index (χ0n) is 12.1. The Hall–Kier alpha value is -2.11. The fourth-order valence-electron chi connectivity index (χ4n) is 1.85. The van der Waals surface area contributed by atoms with Crippen molar-refractivity contribution in [3.63, 3.8) is 0 Å². The number of carboxylic acid groups (broad SMARTS) is 1. The van der Waals surface area contributed by atoms with E-state index in [1.807, 2.05) is 13.8 Å². The lowest BCUT2D eigenvalue weighted by atomic mass is 10.0. The summed E-state index contributed by atoms with van der Waals surface area (Å²) in [6.45, 7) is 3.66. The van der Waals surface area contributed by atoms with E-state index in [1.165, 1.54) is 24.3 Å². The molecule has 0 fully saturated rings. The highest BCUT2D eigenvalue weighted by Gasteiger charge is 2.22. The van der Waals surface area contributed by atoms with Crippen LogP contribution in [0.15, 0.2) is 24.3 Å². The summed E-state index contributed by atoms with van der Waals surface area (Å²) in [5.74, 6) is -1.71. The topological polar surface area (TPSA) is 75.6 Å². The fourth-order valence-corrected chi connectivity index (χ4v) is 1.85. The molecule has 1 atom stereocenters. The number of nitrogens with one attached hydrogen (secondary N) is 1. The summed E-state index contributed by atoms with van der Waals surface area (Å²) >= 11 is 0. The Kier molecular flexibility index (Phi) is 6.65. The summed E-state index contributed by atoms with van der Waals surface area (Å²) in [5.41, 5.74) is 0. The number of carboxylic acids is 1. The summed E-state index contributed by atoms with van der Waals surface area (Å²) in [4.78, 5) is 23.0. The number of halogens is 1. The van der Waals surface area contributed by atoms with Gasteiger partial charge in [0, 0.05) is 5.92 Å². The largest absolute Gasteiger partial charge is 0.478 e. The van der Waals surface area contributed by atoms with Crippen LogP contribution in [-0.2, 0) is 9.59 Å². The van der Waals surface area contributed by atoms with Crippen LogP contribution in [0.4, 0.5) is 4.39 Å². The van der Waals surface area contributed by atoms with Crippen molar-refractivity contribution in [1.29, 1.82) is 0 Å². The monoisotopic (exact) mass is 297 g/mol. The SMILES string of the molecule is CCC(CC)C(=O)NCC(Oc1ccc(F)cc1)C(=O)O. The van der Waals surface area contributed by atoms with Gasteiger partial charge in [-0.05, 0) is 37.1 Å². The third-order valence-electron chi connectivity index (χ3n) is 3.19. The van der Waals surface area contributed by atoms with Crippen molar-refractivity contribution in [1.82, 2.24) is 5.32 Å². The van der Waals surface area contributed by atoms with E-state index in [2.05, 4.69) is 5.32 Å². The van der Waals surface area contributed by atoms with Crippen LogP contribution in [0.25, 0.3) is 0 Å². The van der Waals surface area contributed by atoms with Gasteiger partial charge in [-0.2, -0.15) is 0 Å². The predicted molar refractivity (Wildman–Crippen MR) is 75.5 cm³/mol. The van der Waals surface area contributed by atoms with Crippen LogP contribution in [0.1, 0.15) is 26.7 Å². The molecule has 6 heteroatoms. The van der Waals surface area contributed by atoms with Crippen LogP contribution < -0.4 is 10.1 Å². The van der Waals surface area contributed by atoms with Gasteiger partial charge in [0.15, 0.2) is 0 Å². The van der Waals surface area contributed by atoms with Crippen molar-refractivity contribution in [2.75, 3.05) is 6.54 Å². The van der Waals surface area contributed by atoms with Crippen molar-refractivity contribution in [2.45, 2.75) is 32.8 Å². The second-order valence-corrected chi connectivity index (χ2v) is 4.66. The Morgan fingerprint density at radius 3 is 2.29 bits per heavy atom. The van der Waals surface area contributed by atoms with E-state index < -0.39 is 17.9 Å². The van der Waals surface area contributed by atoms with Gasteiger partial charge in [0.25, 0.3) is 0 Å². The maximum atomic E-state index is 12.8. The highest BCUT2D eigenvalue weighted by Crippen LogP contribution is 2.13. The first kappa shape index (κ1) is 16.9. The fraction of sp³-hybridized carbons (Fsp3) is 0.467. The zero-order valence-corrected chi connectivity index (χ0v) is 12.1. The molecule has 0 spiro atoms. The lowest BCUT2D eigenvalue weighted by molar-refractivity contribution is -0.145. The van der Waals surface area contributed by atoms with Crippen LogP contribution in [0.5, 0.6) is 5.75 Å². The molecule has 0 radical (unpaired) electrons. The molecule has 0 aromatic heterocycles. The summed E-state index contributed by atoms with van der Waals surface area (Å²) in [7, 11) is 0. The van der Waals surface area contributed by atoms with E-state index >= 15 is 0 Å². The van der Waals surface area contributed by atoms with Crippen molar-refractivity contribution in [3.8, 4) is 5.75 Å². The number of rotatable bonds is 8. The van der Waals surface area contributed by atoms with Crippen LogP contribution in [-0.4, -0.2) is 29.6 Å². The lowest BCUT2D eigenvalue weighted by Crippen LogP contribution is -2.42. The van der Waals surface area contributed by atoms with E-state index in [0.717, 1.165) is 0 Å². The molecule has 1 rings (SSSR count).